The third-order valence-corrected chi connectivity index (χ3v) is 4.18. The van der Waals surface area contributed by atoms with Gasteiger partial charge in [-0.3, -0.25) is 9.48 Å². The van der Waals surface area contributed by atoms with Crippen LogP contribution in [0.2, 0.25) is 0 Å². The van der Waals surface area contributed by atoms with Crippen LogP contribution in [0, 0.1) is 0 Å². The molecule has 0 radical (unpaired) electrons. The van der Waals surface area contributed by atoms with Gasteiger partial charge < -0.3 is 9.64 Å². The van der Waals surface area contributed by atoms with Gasteiger partial charge in [-0.05, 0) is 36.6 Å². The lowest BCUT2D eigenvalue weighted by Crippen LogP contribution is -2.28. The predicted octanol–water partition coefficient (Wildman–Crippen LogP) is 2.81. The molecule has 0 spiro atoms. The third kappa shape index (κ3) is 3.44. The standard InChI is InChI=1S/C18H21N3O2/c1-20-13-14(12-19-20)5-10-18(22)21-11-3-4-17(21)15-6-8-16(23-2)9-7-15/h5-10,12-13,17H,3-4,11H2,1-2H3/b10-5+. The number of nitrogens with zero attached hydrogens (tertiary/aromatic N) is 3. The van der Waals surface area contributed by atoms with Crippen molar-refractivity contribution in [1.82, 2.24) is 14.7 Å². The van der Waals surface area contributed by atoms with Crippen molar-refractivity contribution in [3.8, 4) is 5.75 Å². The van der Waals surface area contributed by atoms with Gasteiger partial charge in [-0.2, -0.15) is 5.10 Å². The van der Waals surface area contributed by atoms with Gasteiger partial charge in [-0.1, -0.05) is 12.1 Å². The van der Waals surface area contributed by atoms with Crippen molar-refractivity contribution in [2.45, 2.75) is 18.9 Å². The van der Waals surface area contributed by atoms with E-state index in [9.17, 15) is 4.79 Å². The first-order valence-electron chi connectivity index (χ1n) is 7.78. The van der Waals surface area contributed by atoms with Crippen LogP contribution in [0.25, 0.3) is 6.08 Å². The molecule has 1 aliphatic heterocycles. The fourth-order valence-corrected chi connectivity index (χ4v) is 2.99. The number of methoxy groups -OCH3 is 1. The molecule has 1 aliphatic rings. The number of hydrogen-bond donors (Lipinski definition) is 0. The van der Waals surface area contributed by atoms with E-state index in [2.05, 4.69) is 5.10 Å². The largest absolute Gasteiger partial charge is 0.497 e. The molecule has 3 rings (SSSR count). The molecule has 1 aromatic carbocycles. The summed E-state index contributed by atoms with van der Waals surface area (Å²) >= 11 is 0. The Kier molecular flexibility index (Phi) is 4.46. The Hall–Kier alpha value is -2.56. The number of likely N-dealkylation sites (tertiary alicyclic amines) is 1. The van der Waals surface area contributed by atoms with Crippen molar-refractivity contribution >= 4 is 12.0 Å². The number of aromatic nitrogens is 2. The summed E-state index contributed by atoms with van der Waals surface area (Å²) in [5, 5.41) is 4.10. The topological polar surface area (TPSA) is 47.4 Å². The van der Waals surface area contributed by atoms with Crippen molar-refractivity contribution in [1.29, 1.82) is 0 Å². The summed E-state index contributed by atoms with van der Waals surface area (Å²) in [6, 6.07) is 8.12. The van der Waals surface area contributed by atoms with Crippen molar-refractivity contribution in [3.63, 3.8) is 0 Å². The Bertz CT molecular complexity index is 703. The maximum absolute atomic E-state index is 12.5. The molecule has 2 heterocycles. The molecule has 0 saturated carbocycles. The van der Waals surface area contributed by atoms with Crippen LogP contribution in [0.4, 0.5) is 0 Å². The second-order valence-corrected chi connectivity index (χ2v) is 5.74. The van der Waals surface area contributed by atoms with Gasteiger partial charge in [-0.25, -0.2) is 0 Å². The summed E-state index contributed by atoms with van der Waals surface area (Å²) in [4.78, 5) is 14.5. The zero-order chi connectivity index (χ0) is 16.2. The van der Waals surface area contributed by atoms with Gasteiger partial charge in [-0.15, -0.1) is 0 Å². The van der Waals surface area contributed by atoms with E-state index in [-0.39, 0.29) is 11.9 Å². The number of aryl methyl sites for hydroxylation is 1. The molecule has 0 N–H and O–H groups in total. The Morgan fingerprint density at radius 1 is 1.35 bits per heavy atom. The van der Waals surface area contributed by atoms with Gasteiger partial charge in [0.1, 0.15) is 5.75 Å². The molecule has 5 heteroatoms. The summed E-state index contributed by atoms with van der Waals surface area (Å²) in [5.41, 5.74) is 2.09. The molecule has 1 fully saturated rings. The van der Waals surface area contributed by atoms with Gasteiger partial charge in [0.2, 0.25) is 5.91 Å². The summed E-state index contributed by atoms with van der Waals surface area (Å²) in [7, 11) is 3.52. The molecule has 5 nitrogen and oxygen atoms in total. The first kappa shape index (κ1) is 15.3. The molecule has 1 saturated heterocycles. The summed E-state index contributed by atoms with van der Waals surface area (Å²) in [6.07, 6.45) is 9.11. The van der Waals surface area contributed by atoms with E-state index in [1.165, 1.54) is 0 Å². The van der Waals surface area contributed by atoms with E-state index in [0.29, 0.717) is 0 Å². The Morgan fingerprint density at radius 3 is 2.78 bits per heavy atom. The van der Waals surface area contributed by atoms with Gasteiger partial charge in [0.25, 0.3) is 0 Å². The minimum Gasteiger partial charge on any atom is -0.497 e. The normalized spacial score (nSPS) is 17.8. The van der Waals surface area contributed by atoms with Crippen LogP contribution >= 0.6 is 0 Å². The molecule has 120 valence electrons. The van der Waals surface area contributed by atoms with Crippen molar-refractivity contribution in [3.05, 3.63) is 53.9 Å². The lowest BCUT2D eigenvalue weighted by Gasteiger charge is -2.24. The maximum Gasteiger partial charge on any atom is 0.247 e. The number of carbonyl (C=O) groups is 1. The van der Waals surface area contributed by atoms with Gasteiger partial charge in [0, 0.05) is 31.4 Å². The Labute approximate surface area is 136 Å². The fraction of sp³-hybridized carbons (Fsp3) is 0.333. The van der Waals surface area contributed by atoms with E-state index >= 15 is 0 Å². The summed E-state index contributed by atoms with van der Waals surface area (Å²) in [6.45, 7) is 0.799. The van der Waals surface area contributed by atoms with E-state index in [0.717, 1.165) is 36.3 Å². The zero-order valence-electron chi connectivity index (χ0n) is 13.5. The van der Waals surface area contributed by atoms with Gasteiger partial charge in [0.05, 0.1) is 19.3 Å². The number of rotatable bonds is 4. The number of carbonyl (C=O) groups excluding carboxylic acids is 1. The molecule has 23 heavy (non-hydrogen) atoms. The van der Waals surface area contributed by atoms with E-state index in [4.69, 9.17) is 4.74 Å². The SMILES string of the molecule is COc1ccc(C2CCCN2C(=O)/C=C/c2cnn(C)c2)cc1. The van der Waals surface area contributed by atoms with Crippen LogP contribution in [-0.4, -0.2) is 34.2 Å². The maximum atomic E-state index is 12.5. The highest BCUT2D eigenvalue weighted by Gasteiger charge is 2.28. The van der Waals surface area contributed by atoms with Crippen LogP contribution in [0.3, 0.4) is 0 Å². The monoisotopic (exact) mass is 311 g/mol. The van der Waals surface area contributed by atoms with Crippen LogP contribution in [0.5, 0.6) is 5.75 Å². The zero-order valence-corrected chi connectivity index (χ0v) is 13.5. The molecule has 1 amide bonds. The predicted molar refractivity (Wildman–Crippen MR) is 88.9 cm³/mol. The highest BCUT2D eigenvalue weighted by Crippen LogP contribution is 2.32. The highest BCUT2D eigenvalue weighted by atomic mass is 16.5. The number of ether oxygens (including phenoxy) is 1. The first-order valence-corrected chi connectivity index (χ1v) is 7.78. The molecule has 0 aliphatic carbocycles. The third-order valence-electron chi connectivity index (χ3n) is 4.18. The lowest BCUT2D eigenvalue weighted by atomic mass is 10.0. The quantitative estimate of drug-likeness (QED) is 0.816. The average molecular weight is 311 g/mol. The minimum atomic E-state index is 0.0483. The molecule has 1 unspecified atom stereocenters. The Morgan fingerprint density at radius 2 is 2.13 bits per heavy atom. The second-order valence-electron chi connectivity index (χ2n) is 5.74. The molecular weight excluding hydrogens is 290 g/mol. The van der Waals surface area contributed by atoms with Crippen LogP contribution < -0.4 is 4.74 Å². The van der Waals surface area contributed by atoms with E-state index in [1.54, 1.807) is 24.1 Å². The lowest BCUT2D eigenvalue weighted by molar-refractivity contribution is -0.126. The van der Waals surface area contributed by atoms with Crippen LogP contribution in [0.1, 0.15) is 30.0 Å². The van der Waals surface area contributed by atoms with E-state index < -0.39 is 0 Å². The smallest absolute Gasteiger partial charge is 0.247 e. The van der Waals surface area contributed by atoms with Gasteiger partial charge >= 0.3 is 0 Å². The van der Waals surface area contributed by atoms with Gasteiger partial charge in [0.15, 0.2) is 0 Å². The fourth-order valence-electron chi connectivity index (χ4n) is 2.99. The number of hydrogen-bond acceptors (Lipinski definition) is 3. The second kappa shape index (κ2) is 6.69. The minimum absolute atomic E-state index is 0.0483. The average Bonchev–Trinajstić information content (AvgIpc) is 3.21. The Balaban J connectivity index is 1.72. The molecule has 1 atom stereocenters. The molecule has 0 bridgehead atoms. The summed E-state index contributed by atoms with van der Waals surface area (Å²) < 4.78 is 6.92. The van der Waals surface area contributed by atoms with E-state index in [1.807, 2.05) is 48.5 Å². The van der Waals surface area contributed by atoms with Crippen molar-refractivity contribution in [2.75, 3.05) is 13.7 Å². The number of benzene rings is 1. The number of amides is 1. The highest BCUT2D eigenvalue weighted by molar-refractivity contribution is 5.92. The van der Waals surface area contributed by atoms with Crippen LogP contribution in [0.15, 0.2) is 42.7 Å². The molecular formula is C18H21N3O2. The first-order chi connectivity index (χ1) is 11.2. The van der Waals surface area contributed by atoms with Crippen LogP contribution in [-0.2, 0) is 11.8 Å². The van der Waals surface area contributed by atoms with Crippen molar-refractivity contribution in [2.24, 2.45) is 7.05 Å². The molecule has 1 aromatic heterocycles. The summed E-state index contributed by atoms with van der Waals surface area (Å²) in [5.74, 6) is 0.883. The van der Waals surface area contributed by atoms with Crippen molar-refractivity contribution < 1.29 is 9.53 Å². The molecule has 2 aromatic rings.